The number of benzene rings is 1. The predicted molar refractivity (Wildman–Crippen MR) is 87.0 cm³/mol. The molecule has 112 valence electrons. The second kappa shape index (κ2) is 7.43. The molecule has 2 aromatic heterocycles. The third kappa shape index (κ3) is 4.09. The molecule has 3 rings (SSSR count). The van der Waals surface area contributed by atoms with Crippen molar-refractivity contribution in [2.24, 2.45) is 0 Å². The fraction of sp³-hybridized carbons (Fsp3) is 0.154. The molecular weight excluding hydrogens is 338 g/mol. The van der Waals surface area contributed by atoms with E-state index in [2.05, 4.69) is 25.7 Å². The van der Waals surface area contributed by atoms with Crippen LogP contribution in [0.3, 0.4) is 0 Å². The lowest BCUT2D eigenvalue weighted by atomic mass is 10.2. The second-order valence-electron chi connectivity index (χ2n) is 4.16. The van der Waals surface area contributed by atoms with E-state index in [-0.39, 0.29) is 5.91 Å². The standard InChI is InChI=1S/C13H11N5OS3/c19-11(14-6-9-4-2-1-3-5-9)12-17-16-10(22-12)7-20-13-18-15-8-21-13/h1-5,8H,6-7H2,(H,14,19). The van der Waals surface area contributed by atoms with E-state index in [4.69, 9.17) is 0 Å². The van der Waals surface area contributed by atoms with Gasteiger partial charge in [0.25, 0.3) is 5.91 Å². The fourth-order valence-electron chi connectivity index (χ4n) is 1.61. The Morgan fingerprint density at radius 2 is 2.05 bits per heavy atom. The first-order chi connectivity index (χ1) is 10.8. The lowest BCUT2D eigenvalue weighted by Gasteiger charge is -2.01. The summed E-state index contributed by atoms with van der Waals surface area (Å²) < 4.78 is 0.880. The van der Waals surface area contributed by atoms with Crippen molar-refractivity contribution >= 4 is 40.3 Å². The molecule has 0 saturated heterocycles. The van der Waals surface area contributed by atoms with Gasteiger partial charge in [-0.2, -0.15) is 0 Å². The van der Waals surface area contributed by atoms with Crippen LogP contribution in [0.4, 0.5) is 0 Å². The molecule has 0 aliphatic carbocycles. The number of nitrogens with zero attached hydrogens (tertiary/aromatic N) is 4. The maximum Gasteiger partial charge on any atom is 0.282 e. The third-order valence-corrected chi connectivity index (χ3v) is 5.59. The lowest BCUT2D eigenvalue weighted by molar-refractivity contribution is 0.0950. The quantitative estimate of drug-likeness (QED) is 0.689. The van der Waals surface area contributed by atoms with Crippen LogP contribution < -0.4 is 5.32 Å². The molecule has 0 fully saturated rings. The second-order valence-corrected chi connectivity index (χ2v) is 7.28. The molecule has 0 aliphatic rings. The number of carbonyl (C=O) groups excluding carboxylic acids is 1. The minimum atomic E-state index is -0.200. The number of carbonyl (C=O) groups is 1. The monoisotopic (exact) mass is 349 g/mol. The van der Waals surface area contributed by atoms with Gasteiger partial charge in [-0.1, -0.05) is 64.8 Å². The van der Waals surface area contributed by atoms with E-state index >= 15 is 0 Å². The van der Waals surface area contributed by atoms with Crippen LogP contribution in [0.2, 0.25) is 0 Å². The van der Waals surface area contributed by atoms with E-state index < -0.39 is 0 Å². The predicted octanol–water partition coefficient (Wildman–Crippen LogP) is 2.61. The Morgan fingerprint density at radius 1 is 1.18 bits per heavy atom. The van der Waals surface area contributed by atoms with Crippen LogP contribution in [-0.4, -0.2) is 26.3 Å². The van der Waals surface area contributed by atoms with E-state index in [1.165, 1.54) is 34.4 Å². The minimum Gasteiger partial charge on any atom is -0.346 e. The molecule has 1 aromatic carbocycles. The van der Waals surface area contributed by atoms with Gasteiger partial charge in [0.1, 0.15) is 10.5 Å². The van der Waals surface area contributed by atoms with Crippen LogP contribution in [0, 0.1) is 0 Å². The Morgan fingerprint density at radius 3 is 2.82 bits per heavy atom. The molecule has 6 nitrogen and oxygen atoms in total. The average molecular weight is 349 g/mol. The number of amides is 1. The summed E-state index contributed by atoms with van der Waals surface area (Å²) >= 11 is 4.31. The first-order valence-corrected chi connectivity index (χ1v) is 9.03. The van der Waals surface area contributed by atoms with Crippen molar-refractivity contribution in [3.8, 4) is 0 Å². The van der Waals surface area contributed by atoms with Gasteiger partial charge in [0, 0.05) is 6.54 Å². The molecule has 1 amide bonds. The summed E-state index contributed by atoms with van der Waals surface area (Å²) in [7, 11) is 0. The molecule has 22 heavy (non-hydrogen) atoms. The van der Waals surface area contributed by atoms with Crippen molar-refractivity contribution < 1.29 is 4.79 Å². The largest absolute Gasteiger partial charge is 0.346 e. The lowest BCUT2D eigenvalue weighted by Crippen LogP contribution is -2.22. The Hall–Kier alpha value is -1.84. The van der Waals surface area contributed by atoms with Gasteiger partial charge in [0.05, 0.1) is 5.75 Å². The van der Waals surface area contributed by atoms with Crippen LogP contribution in [0.5, 0.6) is 0 Å². The van der Waals surface area contributed by atoms with Gasteiger partial charge in [-0.3, -0.25) is 4.79 Å². The zero-order valence-corrected chi connectivity index (χ0v) is 13.7. The Bertz CT molecular complexity index is 729. The normalized spacial score (nSPS) is 10.5. The van der Waals surface area contributed by atoms with Crippen LogP contribution in [0.25, 0.3) is 0 Å². The molecule has 0 atom stereocenters. The van der Waals surface area contributed by atoms with Gasteiger partial charge in [-0.25, -0.2) is 0 Å². The van der Waals surface area contributed by atoms with Crippen molar-refractivity contribution in [3.63, 3.8) is 0 Å². The van der Waals surface area contributed by atoms with Crippen molar-refractivity contribution in [2.45, 2.75) is 16.6 Å². The summed E-state index contributed by atoms with van der Waals surface area (Å²) in [4.78, 5) is 12.0. The molecular formula is C13H11N5OS3. The van der Waals surface area contributed by atoms with E-state index in [0.717, 1.165) is 14.9 Å². The van der Waals surface area contributed by atoms with Gasteiger partial charge in [-0.15, -0.1) is 20.4 Å². The summed E-state index contributed by atoms with van der Waals surface area (Å²) in [5.74, 6) is 0.437. The molecule has 1 N–H and O–H groups in total. The zero-order chi connectivity index (χ0) is 15.2. The highest BCUT2D eigenvalue weighted by atomic mass is 32.2. The smallest absolute Gasteiger partial charge is 0.282 e. The van der Waals surface area contributed by atoms with E-state index in [9.17, 15) is 4.79 Å². The Kier molecular flexibility index (Phi) is 5.09. The minimum absolute atomic E-state index is 0.200. The molecule has 0 spiro atoms. The Balaban J connectivity index is 1.52. The average Bonchev–Trinajstić information content (AvgIpc) is 3.23. The van der Waals surface area contributed by atoms with Crippen LogP contribution >= 0.6 is 34.4 Å². The van der Waals surface area contributed by atoms with Crippen molar-refractivity contribution in [2.75, 3.05) is 0 Å². The number of hydrogen-bond acceptors (Lipinski definition) is 8. The first-order valence-electron chi connectivity index (χ1n) is 6.35. The van der Waals surface area contributed by atoms with Gasteiger partial charge >= 0.3 is 0 Å². The molecule has 0 unspecified atom stereocenters. The van der Waals surface area contributed by atoms with Gasteiger partial charge in [0.15, 0.2) is 4.34 Å². The van der Waals surface area contributed by atoms with Crippen LogP contribution in [0.15, 0.2) is 40.2 Å². The fourth-order valence-corrected chi connectivity index (χ4v) is 3.84. The molecule has 0 aliphatic heterocycles. The van der Waals surface area contributed by atoms with Crippen molar-refractivity contribution in [1.29, 1.82) is 0 Å². The summed E-state index contributed by atoms with van der Waals surface area (Å²) in [5.41, 5.74) is 2.73. The van der Waals surface area contributed by atoms with Crippen LogP contribution in [0.1, 0.15) is 20.4 Å². The zero-order valence-electron chi connectivity index (χ0n) is 11.3. The molecule has 9 heteroatoms. The summed E-state index contributed by atoms with van der Waals surface area (Å²) in [6, 6.07) is 9.75. The van der Waals surface area contributed by atoms with Crippen LogP contribution in [-0.2, 0) is 12.3 Å². The van der Waals surface area contributed by atoms with E-state index in [1.807, 2.05) is 30.3 Å². The number of nitrogens with one attached hydrogen (secondary N) is 1. The van der Waals surface area contributed by atoms with Crippen molar-refractivity contribution in [1.82, 2.24) is 25.7 Å². The molecule has 0 bridgehead atoms. The highest BCUT2D eigenvalue weighted by Crippen LogP contribution is 2.25. The summed E-state index contributed by atoms with van der Waals surface area (Å²) in [6.07, 6.45) is 0. The molecule has 3 aromatic rings. The van der Waals surface area contributed by atoms with E-state index in [0.29, 0.717) is 17.3 Å². The van der Waals surface area contributed by atoms with Gasteiger partial charge in [-0.05, 0) is 5.56 Å². The number of hydrogen-bond donors (Lipinski definition) is 1. The van der Waals surface area contributed by atoms with E-state index in [1.54, 1.807) is 5.51 Å². The number of rotatable bonds is 6. The number of thioether (sulfide) groups is 1. The number of aromatic nitrogens is 4. The Labute approximate surface area is 139 Å². The third-order valence-electron chi connectivity index (χ3n) is 2.62. The maximum absolute atomic E-state index is 12.0. The molecule has 2 heterocycles. The highest BCUT2D eigenvalue weighted by Gasteiger charge is 2.13. The SMILES string of the molecule is O=C(NCc1ccccc1)c1nnc(CSc2nncs2)s1. The highest BCUT2D eigenvalue weighted by molar-refractivity contribution is 8.00. The summed E-state index contributed by atoms with van der Waals surface area (Å²) in [6.45, 7) is 0.480. The summed E-state index contributed by atoms with van der Waals surface area (Å²) in [5, 5.41) is 19.7. The maximum atomic E-state index is 12.0. The molecule has 0 saturated carbocycles. The topological polar surface area (TPSA) is 80.7 Å². The van der Waals surface area contributed by atoms with Crippen molar-refractivity contribution in [3.05, 3.63) is 51.4 Å². The first kappa shape index (κ1) is 15.1. The van der Waals surface area contributed by atoms with Gasteiger partial charge < -0.3 is 5.32 Å². The van der Waals surface area contributed by atoms with Gasteiger partial charge in [0.2, 0.25) is 5.01 Å². The molecule has 0 radical (unpaired) electrons.